The molecule has 0 radical (unpaired) electrons. The Labute approximate surface area is 211 Å². The maximum absolute atomic E-state index is 13.6. The lowest BCUT2D eigenvalue weighted by molar-refractivity contribution is 0.0744. The van der Waals surface area contributed by atoms with E-state index >= 15 is 0 Å². The lowest BCUT2D eigenvalue weighted by Crippen LogP contribution is -2.49. The summed E-state index contributed by atoms with van der Waals surface area (Å²) in [6.07, 6.45) is 0. The molecule has 0 saturated carbocycles. The maximum Gasteiger partial charge on any atom is 0.258 e. The highest BCUT2D eigenvalue weighted by molar-refractivity contribution is 6.09. The second-order valence-electron chi connectivity index (χ2n) is 8.61. The number of carbonyl (C=O) groups is 1. The van der Waals surface area contributed by atoms with Gasteiger partial charge >= 0.3 is 0 Å². The Kier molecular flexibility index (Phi) is 6.98. The summed E-state index contributed by atoms with van der Waals surface area (Å²) in [6, 6.07) is 23.7. The number of anilines is 1. The van der Waals surface area contributed by atoms with Crippen LogP contribution in [0.4, 0.5) is 5.82 Å². The second kappa shape index (κ2) is 10.6. The van der Waals surface area contributed by atoms with Crippen molar-refractivity contribution in [2.75, 3.05) is 44.3 Å². The molecule has 1 saturated heterocycles. The summed E-state index contributed by atoms with van der Waals surface area (Å²) in [7, 11) is 0. The van der Waals surface area contributed by atoms with Crippen molar-refractivity contribution in [3.05, 3.63) is 78.4 Å². The molecular weight excluding hydrogens is 452 g/mol. The van der Waals surface area contributed by atoms with Crippen molar-refractivity contribution in [2.24, 2.45) is 0 Å². The third-order valence-corrected chi connectivity index (χ3v) is 6.41. The summed E-state index contributed by atoms with van der Waals surface area (Å²) in [5.41, 5.74) is 2.45. The molecule has 1 aromatic heterocycles. The number of aromatic nitrogens is 2. The number of fused-ring (bicyclic) bond motifs is 1. The van der Waals surface area contributed by atoms with Gasteiger partial charge in [-0.3, -0.25) is 4.79 Å². The van der Waals surface area contributed by atoms with Crippen molar-refractivity contribution in [3.63, 3.8) is 0 Å². The molecular formula is C29H30N4O3. The van der Waals surface area contributed by atoms with Crippen LogP contribution in [0.3, 0.4) is 0 Å². The van der Waals surface area contributed by atoms with Crippen molar-refractivity contribution in [1.29, 1.82) is 0 Å². The molecule has 184 valence electrons. The monoisotopic (exact) mass is 482 g/mol. The molecule has 1 fully saturated rings. The molecule has 3 aromatic carbocycles. The van der Waals surface area contributed by atoms with Crippen molar-refractivity contribution < 1.29 is 14.3 Å². The van der Waals surface area contributed by atoms with Gasteiger partial charge in [-0.2, -0.15) is 0 Å². The third-order valence-electron chi connectivity index (χ3n) is 6.41. The first-order valence-electron chi connectivity index (χ1n) is 12.4. The summed E-state index contributed by atoms with van der Waals surface area (Å²) >= 11 is 0. The van der Waals surface area contributed by atoms with Gasteiger partial charge in [-0.15, -0.1) is 10.2 Å². The van der Waals surface area contributed by atoms with E-state index in [2.05, 4.69) is 15.1 Å². The van der Waals surface area contributed by atoms with Crippen LogP contribution in [-0.4, -0.2) is 60.4 Å². The molecule has 0 atom stereocenters. The number of amides is 1. The predicted octanol–water partition coefficient (Wildman–Crippen LogP) is 5.06. The van der Waals surface area contributed by atoms with Gasteiger partial charge in [0.2, 0.25) is 0 Å². The maximum atomic E-state index is 13.6. The number of ether oxygens (including phenoxy) is 2. The molecule has 0 unspecified atom stereocenters. The SMILES string of the molecule is CCOc1ccc(-c2ccc(N3CCN(C(=O)c4c(OCC)ccc5ccccc45)CC3)nn2)cc1. The van der Waals surface area contributed by atoms with Gasteiger partial charge in [0.15, 0.2) is 5.82 Å². The van der Waals surface area contributed by atoms with Gasteiger partial charge in [0, 0.05) is 31.7 Å². The molecule has 0 bridgehead atoms. The van der Waals surface area contributed by atoms with Crippen LogP contribution in [0.25, 0.3) is 22.0 Å². The van der Waals surface area contributed by atoms with Gasteiger partial charge in [-0.05, 0) is 67.1 Å². The van der Waals surface area contributed by atoms with Gasteiger partial charge in [-0.25, -0.2) is 0 Å². The second-order valence-corrected chi connectivity index (χ2v) is 8.61. The fourth-order valence-corrected chi connectivity index (χ4v) is 4.58. The van der Waals surface area contributed by atoms with Crippen LogP contribution in [0.5, 0.6) is 11.5 Å². The average Bonchev–Trinajstić information content (AvgIpc) is 2.93. The van der Waals surface area contributed by atoms with Gasteiger partial charge < -0.3 is 19.3 Å². The van der Waals surface area contributed by atoms with E-state index in [4.69, 9.17) is 9.47 Å². The number of nitrogens with zero attached hydrogens (tertiary/aromatic N) is 4. The van der Waals surface area contributed by atoms with Crippen molar-refractivity contribution in [3.8, 4) is 22.8 Å². The topological polar surface area (TPSA) is 67.8 Å². The van der Waals surface area contributed by atoms with Gasteiger partial charge in [0.25, 0.3) is 5.91 Å². The Balaban J connectivity index is 1.27. The average molecular weight is 483 g/mol. The first kappa shape index (κ1) is 23.6. The Morgan fingerprint density at radius 1 is 0.806 bits per heavy atom. The zero-order chi connectivity index (χ0) is 24.9. The molecule has 0 spiro atoms. The van der Waals surface area contributed by atoms with E-state index in [0.29, 0.717) is 50.7 Å². The Bertz CT molecular complexity index is 1330. The van der Waals surface area contributed by atoms with E-state index in [9.17, 15) is 4.79 Å². The summed E-state index contributed by atoms with van der Waals surface area (Å²) in [5, 5.41) is 10.9. The molecule has 1 amide bonds. The molecule has 1 aliphatic rings. The largest absolute Gasteiger partial charge is 0.494 e. The fraction of sp³-hybridized carbons (Fsp3) is 0.276. The molecule has 36 heavy (non-hydrogen) atoms. The summed E-state index contributed by atoms with van der Waals surface area (Å²) in [5.74, 6) is 2.30. The zero-order valence-electron chi connectivity index (χ0n) is 20.7. The summed E-state index contributed by atoms with van der Waals surface area (Å²) in [6.45, 7) is 7.65. The predicted molar refractivity (Wildman–Crippen MR) is 142 cm³/mol. The van der Waals surface area contributed by atoms with E-state index in [1.165, 1.54) is 0 Å². The minimum absolute atomic E-state index is 0.00633. The van der Waals surface area contributed by atoms with Gasteiger partial charge in [0.05, 0.1) is 24.5 Å². The van der Waals surface area contributed by atoms with E-state index in [1.807, 2.05) is 91.5 Å². The van der Waals surface area contributed by atoms with Crippen molar-refractivity contribution in [1.82, 2.24) is 15.1 Å². The van der Waals surface area contributed by atoms with Crippen molar-refractivity contribution >= 4 is 22.5 Å². The van der Waals surface area contributed by atoms with Crippen LogP contribution in [0.15, 0.2) is 72.8 Å². The zero-order valence-corrected chi connectivity index (χ0v) is 20.7. The van der Waals surface area contributed by atoms with Crippen molar-refractivity contribution in [2.45, 2.75) is 13.8 Å². The van der Waals surface area contributed by atoms with E-state index < -0.39 is 0 Å². The number of benzene rings is 3. The number of piperazine rings is 1. The Morgan fingerprint density at radius 2 is 1.56 bits per heavy atom. The molecule has 1 aliphatic heterocycles. The van der Waals surface area contributed by atoms with Gasteiger partial charge in [-0.1, -0.05) is 30.3 Å². The molecule has 0 aliphatic carbocycles. The third kappa shape index (κ3) is 4.82. The minimum Gasteiger partial charge on any atom is -0.494 e. The quantitative estimate of drug-likeness (QED) is 0.367. The molecule has 7 heteroatoms. The standard InChI is InChI=1S/C29H30N4O3/c1-3-35-23-12-9-22(10-13-23)25-14-16-27(31-30-25)32-17-19-33(20-18-32)29(34)28-24-8-6-5-7-21(24)11-15-26(28)36-4-2/h5-16H,3-4,17-20H2,1-2H3. The van der Waals surface area contributed by atoms with Crippen LogP contribution in [0.2, 0.25) is 0 Å². The lowest BCUT2D eigenvalue weighted by atomic mass is 10.0. The van der Waals surface area contributed by atoms with E-state index in [1.54, 1.807) is 0 Å². The van der Waals surface area contributed by atoms with Crippen LogP contribution in [0.1, 0.15) is 24.2 Å². The van der Waals surface area contributed by atoms with E-state index in [-0.39, 0.29) is 5.91 Å². The highest BCUT2D eigenvalue weighted by Crippen LogP contribution is 2.30. The summed E-state index contributed by atoms with van der Waals surface area (Å²) in [4.78, 5) is 17.7. The van der Waals surface area contributed by atoms with Crippen LogP contribution in [-0.2, 0) is 0 Å². The first-order valence-corrected chi connectivity index (χ1v) is 12.4. The van der Waals surface area contributed by atoms with E-state index in [0.717, 1.165) is 33.6 Å². The lowest BCUT2D eigenvalue weighted by Gasteiger charge is -2.35. The highest BCUT2D eigenvalue weighted by atomic mass is 16.5. The Hall–Kier alpha value is -4.13. The normalized spacial score (nSPS) is 13.6. The van der Waals surface area contributed by atoms with Crippen LogP contribution >= 0.6 is 0 Å². The van der Waals surface area contributed by atoms with Gasteiger partial charge in [0.1, 0.15) is 11.5 Å². The molecule has 2 heterocycles. The summed E-state index contributed by atoms with van der Waals surface area (Å²) < 4.78 is 11.3. The number of hydrogen-bond donors (Lipinski definition) is 0. The first-order chi connectivity index (χ1) is 17.7. The number of carbonyl (C=O) groups excluding carboxylic acids is 1. The Morgan fingerprint density at radius 3 is 2.25 bits per heavy atom. The van der Waals surface area contributed by atoms with Crippen LogP contribution < -0.4 is 14.4 Å². The smallest absolute Gasteiger partial charge is 0.258 e. The molecule has 4 aromatic rings. The number of rotatable bonds is 7. The highest BCUT2D eigenvalue weighted by Gasteiger charge is 2.26. The number of hydrogen-bond acceptors (Lipinski definition) is 6. The molecule has 7 nitrogen and oxygen atoms in total. The minimum atomic E-state index is 0.00633. The molecule has 5 rings (SSSR count). The van der Waals surface area contributed by atoms with Crippen LogP contribution in [0, 0.1) is 0 Å². The fourth-order valence-electron chi connectivity index (χ4n) is 4.58. The molecule has 0 N–H and O–H groups in total.